The molecule has 2 amide bonds. The van der Waals surface area contributed by atoms with Crippen molar-refractivity contribution < 1.29 is 9.59 Å². The second kappa shape index (κ2) is 4.77. The molecule has 0 aromatic rings. The van der Waals surface area contributed by atoms with Crippen molar-refractivity contribution in [2.24, 2.45) is 11.3 Å². The molecule has 6 heteroatoms. The highest BCUT2D eigenvalue weighted by atomic mass is 35.5. The van der Waals surface area contributed by atoms with E-state index in [-0.39, 0.29) is 17.7 Å². The van der Waals surface area contributed by atoms with Crippen molar-refractivity contribution in [1.82, 2.24) is 10.2 Å². The van der Waals surface area contributed by atoms with Crippen LogP contribution in [0.25, 0.3) is 0 Å². The van der Waals surface area contributed by atoms with Crippen molar-refractivity contribution in [3.05, 3.63) is 0 Å². The van der Waals surface area contributed by atoms with Crippen LogP contribution in [0.1, 0.15) is 39.0 Å². The number of carbonyl (C=O) groups excluding carboxylic acids is 2. The molecular formula is C14H20Cl2N2O2. The monoisotopic (exact) mass is 318 g/mol. The Bertz CT molecular complexity index is 450. The Morgan fingerprint density at radius 3 is 2.45 bits per heavy atom. The van der Waals surface area contributed by atoms with Crippen LogP contribution in [0.15, 0.2) is 0 Å². The number of hydrogen-bond donors (Lipinski definition) is 1. The van der Waals surface area contributed by atoms with Crippen LogP contribution in [-0.2, 0) is 9.59 Å². The minimum absolute atomic E-state index is 0.00794. The Morgan fingerprint density at radius 2 is 1.90 bits per heavy atom. The molecule has 0 spiro atoms. The maximum Gasteiger partial charge on any atom is 0.231 e. The number of halogens is 2. The molecule has 2 saturated carbocycles. The quantitative estimate of drug-likeness (QED) is 0.810. The summed E-state index contributed by atoms with van der Waals surface area (Å²) in [7, 11) is 0. The molecule has 3 fully saturated rings. The van der Waals surface area contributed by atoms with Crippen molar-refractivity contribution >= 4 is 35.0 Å². The molecular weight excluding hydrogens is 299 g/mol. The van der Waals surface area contributed by atoms with Crippen molar-refractivity contribution in [1.29, 1.82) is 0 Å². The first-order chi connectivity index (χ1) is 9.33. The largest absolute Gasteiger partial charge is 0.353 e. The number of amides is 2. The number of carbonyl (C=O) groups is 2. The molecule has 20 heavy (non-hydrogen) atoms. The average molecular weight is 319 g/mol. The molecule has 1 heterocycles. The summed E-state index contributed by atoms with van der Waals surface area (Å²) in [6, 6.07) is 0.368. The minimum atomic E-state index is -0.937. The van der Waals surface area contributed by atoms with Gasteiger partial charge in [0.2, 0.25) is 11.8 Å². The minimum Gasteiger partial charge on any atom is -0.353 e. The van der Waals surface area contributed by atoms with Crippen molar-refractivity contribution in [2.45, 2.75) is 49.4 Å². The van der Waals surface area contributed by atoms with E-state index in [2.05, 4.69) is 5.32 Å². The number of alkyl halides is 2. The fourth-order valence-electron chi connectivity index (χ4n) is 2.90. The lowest BCUT2D eigenvalue weighted by molar-refractivity contribution is -0.140. The van der Waals surface area contributed by atoms with Crippen LogP contribution >= 0.6 is 23.2 Å². The van der Waals surface area contributed by atoms with Gasteiger partial charge in [0.15, 0.2) is 0 Å². The third-order valence-electron chi connectivity index (χ3n) is 4.73. The summed E-state index contributed by atoms with van der Waals surface area (Å²) in [5, 5.41) is 3.02. The number of piperidine rings is 1. The predicted octanol–water partition coefficient (Wildman–Crippen LogP) is 2.09. The number of hydrogen-bond acceptors (Lipinski definition) is 2. The van der Waals surface area contributed by atoms with Gasteiger partial charge in [-0.2, -0.15) is 0 Å². The van der Waals surface area contributed by atoms with Gasteiger partial charge in [-0.25, -0.2) is 0 Å². The van der Waals surface area contributed by atoms with Gasteiger partial charge in [-0.15, -0.1) is 23.2 Å². The van der Waals surface area contributed by atoms with Gasteiger partial charge < -0.3 is 10.2 Å². The Hall–Kier alpha value is -0.480. The topological polar surface area (TPSA) is 49.4 Å². The van der Waals surface area contributed by atoms with Crippen molar-refractivity contribution in [2.75, 3.05) is 13.1 Å². The lowest BCUT2D eigenvalue weighted by atomic mass is 9.95. The van der Waals surface area contributed by atoms with Gasteiger partial charge in [0, 0.05) is 19.1 Å². The molecule has 2 aliphatic carbocycles. The van der Waals surface area contributed by atoms with E-state index in [1.54, 1.807) is 4.90 Å². The van der Waals surface area contributed by atoms with Crippen LogP contribution < -0.4 is 5.32 Å². The van der Waals surface area contributed by atoms with Crippen LogP contribution in [-0.4, -0.2) is 40.2 Å². The second-order valence-corrected chi connectivity index (χ2v) is 8.07. The summed E-state index contributed by atoms with van der Waals surface area (Å²) in [5.41, 5.74) is -0.676. The summed E-state index contributed by atoms with van der Waals surface area (Å²) in [6.07, 6.45) is 4.38. The molecule has 0 unspecified atom stereocenters. The summed E-state index contributed by atoms with van der Waals surface area (Å²) in [5.74, 6) is -0.00363. The maximum atomic E-state index is 12.5. The number of rotatable bonds is 3. The van der Waals surface area contributed by atoms with Gasteiger partial charge in [0.1, 0.15) is 4.33 Å². The van der Waals surface area contributed by atoms with Crippen molar-refractivity contribution in [3.8, 4) is 0 Å². The highest BCUT2D eigenvalue weighted by Crippen LogP contribution is 2.64. The van der Waals surface area contributed by atoms with Crippen LogP contribution in [0.2, 0.25) is 0 Å². The summed E-state index contributed by atoms with van der Waals surface area (Å²) < 4.78 is -0.937. The van der Waals surface area contributed by atoms with Crippen LogP contribution in [0.3, 0.4) is 0 Å². The molecule has 0 radical (unpaired) electrons. The third-order valence-corrected chi connectivity index (χ3v) is 5.83. The highest BCUT2D eigenvalue weighted by Gasteiger charge is 2.68. The zero-order valence-corrected chi connectivity index (χ0v) is 13.1. The van der Waals surface area contributed by atoms with Crippen LogP contribution in [0, 0.1) is 11.3 Å². The molecule has 1 saturated heterocycles. The normalized spacial score (nSPS) is 35.5. The van der Waals surface area contributed by atoms with Crippen LogP contribution in [0.4, 0.5) is 0 Å². The Kier molecular flexibility index (Phi) is 3.45. The average Bonchev–Trinajstić information content (AvgIpc) is 3.29. The third kappa shape index (κ3) is 2.52. The van der Waals surface area contributed by atoms with Gasteiger partial charge in [0.25, 0.3) is 0 Å². The van der Waals surface area contributed by atoms with Gasteiger partial charge in [-0.1, -0.05) is 0 Å². The molecule has 3 rings (SSSR count). The Morgan fingerprint density at radius 1 is 1.25 bits per heavy atom. The molecule has 3 aliphatic rings. The van der Waals surface area contributed by atoms with Gasteiger partial charge in [0.05, 0.1) is 11.3 Å². The lowest BCUT2D eigenvalue weighted by Gasteiger charge is -2.34. The van der Waals surface area contributed by atoms with E-state index in [4.69, 9.17) is 23.2 Å². The van der Waals surface area contributed by atoms with E-state index >= 15 is 0 Å². The number of nitrogens with one attached hydrogen (secondary N) is 1. The number of nitrogens with zero attached hydrogens (tertiary/aromatic N) is 1. The van der Waals surface area contributed by atoms with E-state index in [0.29, 0.717) is 25.6 Å². The molecule has 0 bridgehead atoms. The fourth-order valence-corrected chi connectivity index (χ4v) is 3.60. The lowest BCUT2D eigenvalue weighted by Crippen LogP contribution is -2.48. The molecule has 4 nitrogen and oxygen atoms in total. The van der Waals surface area contributed by atoms with E-state index in [9.17, 15) is 9.59 Å². The predicted molar refractivity (Wildman–Crippen MR) is 77.6 cm³/mol. The smallest absolute Gasteiger partial charge is 0.231 e. The molecule has 112 valence electrons. The van der Waals surface area contributed by atoms with Gasteiger partial charge in [-0.3, -0.25) is 9.59 Å². The molecule has 0 aromatic heterocycles. The first-order valence-corrected chi connectivity index (χ1v) is 8.07. The number of likely N-dealkylation sites (tertiary alicyclic amines) is 1. The van der Waals surface area contributed by atoms with Gasteiger partial charge in [-0.05, 0) is 39.0 Å². The molecule has 1 aliphatic heterocycles. The Labute approximate surface area is 129 Å². The van der Waals surface area contributed by atoms with E-state index in [1.807, 2.05) is 6.92 Å². The summed E-state index contributed by atoms with van der Waals surface area (Å²) >= 11 is 12.2. The zero-order chi connectivity index (χ0) is 14.5. The van der Waals surface area contributed by atoms with E-state index in [1.165, 1.54) is 0 Å². The first kappa shape index (κ1) is 14.5. The van der Waals surface area contributed by atoms with E-state index < -0.39 is 9.75 Å². The fraction of sp³-hybridized carbons (Fsp3) is 0.857. The Balaban J connectivity index is 1.60. The first-order valence-electron chi connectivity index (χ1n) is 7.31. The standard InChI is InChI=1S/C14H20Cl2N2O2/c1-13(8-14(13,15)16)12(20)18-6-2-3-9(7-18)11(19)17-10-4-5-10/h9-10H,2-8H2,1H3,(H,17,19)/t9-,13+/m1/s1. The van der Waals surface area contributed by atoms with Gasteiger partial charge >= 0.3 is 0 Å². The maximum absolute atomic E-state index is 12.5. The molecule has 0 aromatic carbocycles. The SMILES string of the molecule is C[C@@]1(C(=O)N2CCC[C@@H](C(=O)NC3CC3)C2)CC1(Cl)Cl. The van der Waals surface area contributed by atoms with E-state index in [0.717, 1.165) is 25.7 Å². The van der Waals surface area contributed by atoms with Crippen molar-refractivity contribution in [3.63, 3.8) is 0 Å². The zero-order valence-electron chi connectivity index (χ0n) is 11.6. The van der Waals surface area contributed by atoms with Crippen LogP contribution in [0.5, 0.6) is 0 Å². The molecule has 2 atom stereocenters. The second-order valence-electron chi connectivity index (χ2n) is 6.59. The summed E-state index contributed by atoms with van der Waals surface area (Å²) in [6.45, 7) is 3.01. The summed E-state index contributed by atoms with van der Waals surface area (Å²) in [4.78, 5) is 26.4. The highest BCUT2D eigenvalue weighted by molar-refractivity contribution is 6.53. The molecule has 1 N–H and O–H groups in total.